The predicted molar refractivity (Wildman–Crippen MR) is 176 cm³/mol. The van der Waals surface area contributed by atoms with Gasteiger partial charge >= 0.3 is 0 Å². The van der Waals surface area contributed by atoms with Crippen molar-refractivity contribution in [2.24, 2.45) is 0 Å². The first kappa shape index (κ1) is 22.7. The minimum Gasteiger partial charge on any atom is -0.309 e. The van der Waals surface area contributed by atoms with E-state index >= 15 is 0 Å². The summed E-state index contributed by atoms with van der Waals surface area (Å²) in [7, 11) is 0. The van der Waals surface area contributed by atoms with E-state index < -0.39 is 0 Å². The lowest BCUT2D eigenvalue weighted by Gasteiger charge is -2.20. The van der Waals surface area contributed by atoms with Crippen LogP contribution in [0.1, 0.15) is 23.1 Å². The zero-order valence-corrected chi connectivity index (χ0v) is 22.6. The van der Waals surface area contributed by atoms with E-state index in [1.165, 1.54) is 82.1 Å². The number of allylic oxidation sites excluding steroid dienone is 1. The second-order valence-electron chi connectivity index (χ2n) is 11.4. The number of benzene rings is 7. The summed E-state index contributed by atoms with van der Waals surface area (Å²) >= 11 is 0. The van der Waals surface area contributed by atoms with Gasteiger partial charge in [-0.1, -0.05) is 91.0 Å². The molecule has 0 N–H and O–H groups in total. The number of nitrogens with zero attached hydrogens (tertiary/aromatic N) is 1. The number of para-hydroxylation sites is 3. The summed E-state index contributed by atoms with van der Waals surface area (Å²) in [5, 5.41) is 10.4. The Morgan fingerprint density at radius 2 is 1.10 bits per heavy atom. The van der Waals surface area contributed by atoms with Gasteiger partial charge in [-0.3, -0.25) is 0 Å². The summed E-state index contributed by atoms with van der Waals surface area (Å²) in [4.78, 5) is 0. The van der Waals surface area contributed by atoms with Crippen molar-refractivity contribution >= 4 is 65.8 Å². The Balaban J connectivity index is 1.25. The fourth-order valence-corrected chi connectivity index (χ4v) is 7.02. The van der Waals surface area contributed by atoms with Gasteiger partial charge in [-0.15, -0.1) is 0 Å². The number of aromatic nitrogens is 1. The number of fused-ring (bicyclic) bond motifs is 7. The highest BCUT2D eigenvalue weighted by Gasteiger charge is 2.20. The van der Waals surface area contributed by atoms with Crippen molar-refractivity contribution in [3.8, 4) is 5.69 Å². The van der Waals surface area contributed by atoms with Crippen molar-refractivity contribution in [1.82, 2.24) is 4.57 Å². The molecule has 0 saturated carbocycles. The number of hydrogen-bond donors (Lipinski definition) is 0. The largest absolute Gasteiger partial charge is 0.309 e. The Bertz CT molecular complexity index is 2350. The third-order valence-electron chi connectivity index (χ3n) is 8.97. The van der Waals surface area contributed by atoms with Crippen molar-refractivity contribution in [3.05, 3.63) is 150 Å². The zero-order valence-electron chi connectivity index (χ0n) is 22.6. The van der Waals surface area contributed by atoms with Crippen LogP contribution in [-0.4, -0.2) is 4.57 Å². The molecule has 9 rings (SSSR count). The molecule has 0 spiro atoms. The monoisotopic (exact) mass is 521 g/mol. The maximum absolute atomic E-state index is 2.45. The Hall–Kier alpha value is -5.14. The lowest BCUT2D eigenvalue weighted by Crippen LogP contribution is -2.02. The van der Waals surface area contributed by atoms with E-state index in [0.717, 1.165) is 12.8 Å². The van der Waals surface area contributed by atoms with Crippen molar-refractivity contribution in [2.75, 3.05) is 0 Å². The number of aryl methyl sites for hydroxylation is 1. The molecule has 1 heterocycles. The highest BCUT2D eigenvalue weighted by Crippen LogP contribution is 2.40. The molecule has 1 aliphatic carbocycles. The first-order valence-electron chi connectivity index (χ1n) is 14.5. The van der Waals surface area contributed by atoms with Crippen molar-refractivity contribution in [3.63, 3.8) is 0 Å². The molecule has 0 fully saturated rings. The maximum atomic E-state index is 2.45. The van der Waals surface area contributed by atoms with Crippen molar-refractivity contribution < 1.29 is 0 Å². The normalized spacial score (nSPS) is 13.3. The molecule has 1 nitrogen and oxygen atoms in total. The van der Waals surface area contributed by atoms with Crippen LogP contribution in [0.25, 0.3) is 71.5 Å². The molecule has 192 valence electrons. The molecule has 8 aromatic rings. The first-order chi connectivity index (χ1) is 20.3. The van der Waals surface area contributed by atoms with E-state index in [1.807, 2.05) is 0 Å². The summed E-state index contributed by atoms with van der Waals surface area (Å²) in [6, 6.07) is 49.3. The van der Waals surface area contributed by atoms with E-state index in [2.05, 4.69) is 144 Å². The summed E-state index contributed by atoms with van der Waals surface area (Å²) in [5.41, 5.74) is 9.29. The van der Waals surface area contributed by atoms with Gasteiger partial charge in [0, 0.05) is 22.0 Å². The van der Waals surface area contributed by atoms with Gasteiger partial charge in [-0.2, -0.15) is 0 Å². The highest BCUT2D eigenvalue weighted by atomic mass is 15.0. The summed E-state index contributed by atoms with van der Waals surface area (Å²) in [6.07, 6.45) is 4.53. The van der Waals surface area contributed by atoms with Gasteiger partial charge in [0.2, 0.25) is 0 Å². The number of rotatable bonds is 2. The third-order valence-corrected chi connectivity index (χ3v) is 8.97. The first-order valence-corrected chi connectivity index (χ1v) is 14.5. The molecule has 1 aromatic heterocycles. The van der Waals surface area contributed by atoms with Crippen LogP contribution in [0.15, 0.2) is 133 Å². The molecular formula is C40H27N. The molecule has 0 atom stereocenters. The summed E-state index contributed by atoms with van der Waals surface area (Å²) < 4.78 is 2.45. The Morgan fingerprint density at radius 1 is 0.463 bits per heavy atom. The van der Waals surface area contributed by atoms with Crippen LogP contribution < -0.4 is 0 Å². The molecule has 0 radical (unpaired) electrons. The fraction of sp³-hybridized carbons (Fsp3) is 0.0500. The van der Waals surface area contributed by atoms with Gasteiger partial charge in [0.05, 0.1) is 11.0 Å². The van der Waals surface area contributed by atoms with Crippen LogP contribution >= 0.6 is 0 Å². The van der Waals surface area contributed by atoms with Crippen molar-refractivity contribution in [1.29, 1.82) is 0 Å². The summed E-state index contributed by atoms with van der Waals surface area (Å²) in [5.74, 6) is 0. The molecule has 1 aliphatic rings. The predicted octanol–water partition coefficient (Wildman–Crippen LogP) is 10.7. The molecule has 7 aromatic carbocycles. The lowest BCUT2D eigenvalue weighted by molar-refractivity contribution is 1.00. The standard InChI is InChI=1S/C40H27N/c1-2-11-35(12-3-1)41-39-16-7-6-13-37(39)38-15-8-14-36(40(38)41)29-18-17-28-21-33-24-31-19-26-9-4-5-10-27(26)20-32(31)25-34(33)23-30(28)22-29/h1-16,19-25H,17-18H2. The molecular weight excluding hydrogens is 494 g/mol. The van der Waals surface area contributed by atoms with Crippen LogP contribution in [-0.2, 0) is 6.42 Å². The lowest BCUT2D eigenvalue weighted by atomic mass is 9.86. The molecule has 41 heavy (non-hydrogen) atoms. The maximum Gasteiger partial charge on any atom is 0.0616 e. The molecule has 0 saturated heterocycles. The topological polar surface area (TPSA) is 4.93 Å². The number of hydrogen-bond acceptors (Lipinski definition) is 0. The SMILES string of the molecule is C1=C(c2cccc3c4ccccc4n(-c4ccccc4)c23)CCc2cc3cc4cc5ccccc5cc4cc3cc21. The fourth-order valence-electron chi connectivity index (χ4n) is 7.02. The van der Waals surface area contributed by atoms with Crippen molar-refractivity contribution in [2.45, 2.75) is 12.8 Å². The quantitative estimate of drug-likeness (QED) is 0.199. The third kappa shape index (κ3) is 3.49. The summed E-state index contributed by atoms with van der Waals surface area (Å²) in [6.45, 7) is 0. The average Bonchev–Trinajstić information content (AvgIpc) is 3.36. The van der Waals surface area contributed by atoms with Gasteiger partial charge in [0.25, 0.3) is 0 Å². The van der Waals surface area contributed by atoms with E-state index in [9.17, 15) is 0 Å². The minimum atomic E-state index is 1.03. The second kappa shape index (κ2) is 8.68. The van der Waals surface area contributed by atoms with Gasteiger partial charge in [-0.25, -0.2) is 0 Å². The van der Waals surface area contributed by atoms with E-state index in [0.29, 0.717) is 0 Å². The van der Waals surface area contributed by atoms with Crippen LogP contribution in [0.3, 0.4) is 0 Å². The highest BCUT2D eigenvalue weighted by molar-refractivity contribution is 6.13. The minimum absolute atomic E-state index is 1.03. The van der Waals surface area contributed by atoms with E-state index in [4.69, 9.17) is 0 Å². The van der Waals surface area contributed by atoms with E-state index in [-0.39, 0.29) is 0 Å². The van der Waals surface area contributed by atoms with Crippen LogP contribution in [0, 0.1) is 0 Å². The second-order valence-corrected chi connectivity index (χ2v) is 11.4. The Labute approximate surface area is 238 Å². The van der Waals surface area contributed by atoms with Crippen LogP contribution in [0.4, 0.5) is 0 Å². The zero-order chi connectivity index (χ0) is 26.9. The molecule has 0 aliphatic heterocycles. The Morgan fingerprint density at radius 3 is 1.90 bits per heavy atom. The molecule has 1 heteroatoms. The van der Waals surface area contributed by atoms with Gasteiger partial charge in [-0.05, 0) is 110 Å². The molecule has 0 amide bonds. The molecule has 0 unspecified atom stereocenters. The smallest absolute Gasteiger partial charge is 0.0616 e. The van der Waals surface area contributed by atoms with E-state index in [1.54, 1.807) is 0 Å². The van der Waals surface area contributed by atoms with Gasteiger partial charge in [0.1, 0.15) is 0 Å². The molecule has 0 bridgehead atoms. The van der Waals surface area contributed by atoms with Crippen LogP contribution in [0.5, 0.6) is 0 Å². The van der Waals surface area contributed by atoms with Gasteiger partial charge < -0.3 is 4.57 Å². The van der Waals surface area contributed by atoms with Gasteiger partial charge in [0.15, 0.2) is 0 Å². The average molecular weight is 522 g/mol. The Kier molecular flexibility index (Phi) is 4.80. The van der Waals surface area contributed by atoms with Crippen LogP contribution in [0.2, 0.25) is 0 Å².